The van der Waals surface area contributed by atoms with Crippen LogP contribution in [0.15, 0.2) is 30.3 Å². The van der Waals surface area contributed by atoms with Gasteiger partial charge in [0.1, 0.15) is 0 Å². The lowest BCUT2D eigenvalue weighted by Gasteiger charge is -2.19. The van der Waals surface area contributed by atoms with E-state index in [4.69, 9.17) is 0 Å². The highest BCUT2D eigenvalue weighted by atomic mass is 79.9. The van der Waals surface area contributed by atoms with E-state index in [1.54, 1.807) is 0 Å². The monoisotopic (exact) mass is 326 g/mol. The van der Waals surface area contributed by atoms with E-state index in [-0.39, 0.29) is 10.7 Å². The van der Waals surface area contributed by atoms with Crippen LogP contribution in [0.4, 0.5) is 5.69 Å². The predicted octanol–water partition coefficient (Wildman–Crippen LogP) is 3.05. The van der Waals surface area contributed by atoms with Gasteiger partial charge in [0, 0.05) is 25.8 Å². The summed E-state index contributed by atoms with van der Waals surface area (Å²) in [4.78, 5) is 13.8. The molecule has 0 heterocycles. The van der Waals surface area contributed by atoms with Crippen LogP contribution in [0.2, 0.25) is 0 Å². The Morgan fingerprint density at radius 1 is 1.32 bits per heavy atom. The molecule has 0 bridgehead atoms. The molecule has 0 spiro atoms. The van der Waals surface area contributed by atoms with Crippen molar-refractivity contribution >= 4 is 27.5 Å². The molecule has 0 saturated carbocycles. The Labute approximate surface area is 124 Å². The lowest BCUT2D eigenvalue weighted by Crippen LogP contribution is -2.35. The van der Waals surface area contributed by atoms with Gasteiger partial charge in [0.2, 0.25) is 5.91 Å². The van der Waals surface area contributed by atoms with Crippen LogP contribution in [0.3, 0.4) is 0 Å². The molecule has 1 N–H and O–H groups in total. The highest BCUT2D eigenvalue weighted by Gasteiger charge is 2.17. The number of carbonyl (C=O) groups excluding carboxylic acids is 1. The quantitative estimate of drug-likeness (QED) is 0.617. The van der Waals surface area contributed by atoms with Crippen molar-refractivity contribution in [2.75, 3.05) is 25.0 Å². The number of rotatable bonds is 7. The van der Waals surface area contributed by atoms with E-state index in [9.17, 15) is 4.79 Å². The minimum atomic E-state index is -0.0978. The van der Waals surface area contributed by atoms with Gasteiger partial charge in [-0.05, 0) is 24.5 Å². The minimum absolute atomic E-state index is 0.0809. The molecule has 106 valence electrons. The molecular formula is C15H23BrN2O. The summed E-state index contributed by atoms with van der Waals surface area (Å²) in [5, 5.41) is 2.96. The van der Waals surface area contributed by atoms with Gasteiger partial charge in [-0.25, -0.2) is 0 Å². The van der Waals surface area contributed by atoms with Crippen molar-refractivity contribution in [3.8, 4) is 0 Å². The smallest absolute Gasteiger partial charge is 0.234 e. The summed E-state index contributed by atoms with van der Waals surface area (Å²) in [6.45, 7) is 5.70. The van der Waals surface area contributed by atoms with Gasteiger partial charge >= 0.3 is 0 Å². The minimum Gasteiger partial charge on any atom is -0.375 e. The van der Waals surface area contributed by atoms with Crippen LogP contribution in [0.1, 0.15) is 20.3 Å². The van der Waals surface area contributed by atoms with Gasteiger partial charge < -0.3 is 10.2 Å². The Bertz CT molecular complexity index is 381. The maximum Gasteiger partial charge on any atom is 0.234 e. The number of amides is 1. The third kappa shape index (κ3) is 5.64. The highest BCUT2D eigenvalue weighted by molar-refractivity contribution is 9.10. The zero-order chi connectivity index (χ0) is 14.3. The van der Waals surface area contributed by atoms with E-state index in [1.165, 1.54) is 5.69 Å². The number of nitrogens with one attached hydrogen (secondary N) is 1. The summed E-state index contributed by atoms with van der Waals surface area (Å²) in [5.41, 5.74) is 1.20. The summed E-state index contributed by atoms with van der Waals surface area (Å²) < 4.78 is 0. The summed E-state index contributed by atoms with van der Waals surface area (Å²) in [6, 6.07) is 10.3. The van der Waals surface area contributed by atoms with Crippen molar-refractivity contribution in [2.45, 2.75) is 25.1 Å². The molecule has 3 nitrogen and oxygen atoms in total. The number of para-hydroxylation sites is 1. The van der Waals surface area contributed by atoms with E-state index >= 15 is 0 Å². The Balaban J connectivity index is 2.23. The third-order valence-electron chi connectivity index (χ3n) is 3.00. The van der Waals surface area contributed by atoms with Gasteiger partial charge in [0.15, 0.2) is 0 Å². The van der Waals surface area contributed by atoms with Crippen LogP contribution in [0.25, 0.3) is 0 Å². The maximum absolute atomic E-state index is 11.7. The molecule has 0 aliphatic heterocycles. The van der Waals surface area contributed by atoms with Crippen LogP contribution in [0.5, 0.6) is 0 Å². The number of carbonyl (C=O) groups is 1. The van der Waals surface area contributed by atoms with Crippen LogP contribution in [-0.4, -0.2) is 30.9 Å². The van der Waals surface area contributed by atoms with Crippen molar-refractivity contribution in [1.29, 1.82) is 0 Å². The number of hydrogen-bond donors (Lipinski definition) is 1. The number of hydrogen-bond acceptors (Lipinski definition) is 2. The second kappa shape index (κ2) is 8.20. The largest absolute Gasteiger partial charge is 0.375 e. The van der Waals surface area contributed by atoms with Crippen molar-refractivity contribution in [3.63, 3.8) is 0 Å². The Morgan fingerprint density at radius 3 is 2.53 bits per heavy atom. The number of nitrogens with zero attached hydrogens (tertiary/aromatic N) is 1. The molecule has 1 rings (SSSR count). The zero-order valence-corrected chi connectivity index (χ0v) is 13.5. The number of anilines is 1. The Morgan fingerprint density at radius 2 is 1.95 bits per heavy atom. The van der Waals surface area contributed by atoms with Crippen molar-refractivity contribution in [2.24, 2.45) is 5.92 Å². The van der Waals surface area contributed by atoms with Crippen LogP contribution < -0.4 is 10.2 Å². The van der Waals surface area contributed by atoms with Gasteiger partial charge in [0.05, 0.1) is 4.83 Å². The number of benzene rings is 1. The predicted molar refractivity (Wildman–Crippen MR) is 84.9 cm³/mol. The fourth-order valence-corrected chi connectivity index (χ4v) is 1.90. The summed E-state index contributed by atoms with van der Waals surface area (Å²) in [5.74, 6) is 0.393. The van der Waals surface area contributed by atoms with Crippen LogP contribution in [-0.2, 0) is 4.79 Å². The van der Waals surface area contributed by atoms with Gasteiger partial charge in [-0.3, -0.25) is 4.79 Å². The lowest BCUT2D eigenvalue weighted by atomic mass is 10.1. The molecule has 0 saturated heterocycles. The average molecular weight is 327 g/mol. The molecule has 4 heteroatoms. The molecule has 1 amide bonds. The van der Waals surface area contributed by atoms with Gasteiger partial charge in [-0.2, -0.15) is 0 Å². The molecule has 19 heavy (non-hydrogen) atoms. The van der Waals surface area contributed by atoms with E-state index in [1.807, 2.05) is 32.0 Å². The van der Waals surface area contributed by atoms with Crippen molar-refractivity contribution in [1.82, 2.24) is 5.32 Å². The molecule has 1 unspecified atom stereocenters. The molecular weight excluding hydrogens is 304 g/mol. The molecule has 0 fully saturated rings. The van der Waals surface area contributed by atoms with E-state index in [0.717, 1.165) is 13.0 Å². The molecule has 0 radical (unpaired) electrons. The van der Waals surface area contributed by atoms with Crippen molar-refractivity contribution in [3.05, 3.63) is 30.3 Å². The van der Waals surface area contributed by atoms with E-state index in [2.05, 4.69) is 45.3 Å². The molecule has 0 aromatic heterocycles. The summed E-state index contributed by atoms with van der Waals surface area (Å²) in [6.07, 6.45) is 0.939. The zero-order valence-electron chi connectivity index (χ0n) is 11.9. The Kier molecular flexibility index (Phi) is 6.92. The topological polar surface area (TPSA) is 32.3 Å². The second-order valence-electron chi connectivity index (χ2n) is 5.05. The first-order valence-corrected chi connectivity index (χ1v) is 7.62. The standard InChI is InChI=1S/C15H23BrN2O/c1-12(2)14(16)15(19)17-10-7-11-18(3)13-8-5-4-6-9-13/h4-6,8-9,12,14H,7,10-11H2,1-3H3,(H,17,19). The third-order valence-corrected chi connectivity index (χ3v) is 4.48. The molecule has 1 aromatic carbocycles. The average Bonchev–Trinajstić information content (AvgIpc) is 2.43. The fraction of sp³-hybridized carbons (Fsp3) is 0.533. The molecule has 1 aromatic rings. The first-order chi connectivity index (χ1) is 9.02. The summed E-state index contributed by atoms with van der Waals surface area (Å²) >= 11 is 3.40. The second-order valence-corrected chi connectivity index (χ2v) is 6.03. The van der Waals surface area contributed by atoms with Crippen molar-refractivity contribution < 1.29 is 4.79 Å². The van der Waals surface area contributed by atoms with Crippen LogP contribution >= 0.6 is 15.9 Å². The fourth-order valence-electron chi connectivity index (χ4n) is 1.74. The van der Waals surface area contributed by atoms with Gasteiger partial charge in [-0.1, -0.05) is 48.0 Å². The summed E-state index contributed by atoms with van der Waals surface area (Å²) in [7, 11) is 2.07. The SMILES string of the molecule is CC(C)C(Br)C(=O)NCCCN(C)c1ccccc1. The van der Waals surface area contributed by atoms with Crippen LogP contribution in [0, 0.1) is 5.92 Å². The van der Waals surface area contributed by atoms with E-state index < -0.39 is 0 Å². The molecule has 0 aliphatic carbocycles. The normalized spacial score (nSPS) is 12.3. The maximum atomic E-state index is 11.7. The van der Waals surface area contributed by atoms with Gasteiger partial charge in [0.25, 0.3) is 0 Å². The first kappa shape index (κ1) is 16.0. The molecule has 0 aliphatic rings. The van der Waals surface area contributed by atoms with Gasteiger partial charge in [-0.15, -0.1) is 0 Å². The lowest BCUT2D eigenvalue weighted by molar-refractivity contribution is -0.121. The number of halogens is 1. The highest BCUT2D eigenvalue weighted by Crippen LogP contribution is 2.12. The van der Waals surface area contributed by atoms with E-state index in [0.29, 0.717) is 12.5 Å². The Hall–Kier alpha value is -1.03. The number of alkyl halides is 1. The molecule has 1 atom stereocenters. The first-order valence-electron chi connectivity index (χ1n) is 6.70.